The standard InChI is InChI=1S/C16H20FN3O3S2/c1-25(21,22)16(6-8-23-9-7-16)11-18-15-20-19-14(24-15)10-12-2-4-13(17)5-3-12/h2-5H,6-11H2,1H3,(H,18,20). The van der Waals surface area contributed by atoms with Crippen LogP contribution in [-0.4, -0.2) is 49.4 Å². The SMILES string of the molecule is CS(=O)(=O)C1(CNc2nnc(Cc3ccc(F)cc3)s2)CCOCC1. The van der Waals surface area contributed by atoms with Crippen molar-refractivity contribution in [1.29, 1.82) is 0 Å². The monoisotopic (exact) mass is 385 g/mol. The number of ether oxygens (including phenoxy) is 1. The van der Waals surface area contributed by atoms with Gasteiger partial charge in [-0.1, -0.05) is 23.5 Å². The molecule has 1 aliphatic heterocycles. The smallest absolute Gasteiger partial charge is 0.205 e. The van der Waals surface area contributed by atoms with Gasteiger partial charge < -0.3 is 10.1 Å². The molecule has 2 heterocycles. The van der Waals surface area contributed by atoms with Gasteiger partial charge >= 0.3 is 0 Å². The molecule has 1 N–H and O–H groups in total. The van der Waals surface area contributed by atoms with Crippen LogP contribution in [0.25, 0.3) is 0 Å². The molecular formula is C16H20FN3O3S2. The van der Waals surface area contributed by atoms with Gasteiger partial charge in [-0.05, 0) is 30.5 Å². The van der Waals surface area contributed by atoms with Gasteiger partial charge in [-0.2, -0.15) is 0 Å². The highest BCUT2D eigenvalue weighted by Gasteiger charge is 2.42. The lowest BCUT2D eigenvalue weighted by atomic mass is 9.99. The fraction of sp³-hybridized carbons (Fsp3) is 0.500. The summed E-state index contributed by atoms with van der Waals surface area (Å²) >= 11 is 1.38. The molecule has 3 rings (SSSR count). The quantitative estimate of drug-likeness (QED) is 0.822. The number of nitrogens with zero attached hydrogens (tertiary/aromatic N) is 2. The van der Waals surface area contributed by atoms with Crippen molar-refractivity contribution in [2.75, 3.05) is 31.3 Å². The first-order valence-corrected chi connectivity index (χ1v) is 10.7. The molecule has 1 fully saturated rings. The zero-order chi connectivity index (χ0) is 17.9. The molecule has 2 aromatic rings. The first-order chi connectivity index (χ1) is 11.9. The Labute approximate surface area is 150 Å². The Bertz CT molecular complexity index is 815. The predicted octanol–water partition coefficient (Wildman–Crippen LogP) is 2.27. The van der Waals surface area contributed by atoms with Gasteiger partial charge in [0.15, 0.2) is 9.84 Å². The third kappa shape index (κ3) is 4.34. The molecule has 0 atom stereocenters. The van der Waals surface area contributed by atoms with Crippen molar-refractivity contribution in [3.63, 3.8) is 0 Å². The molecule has 0 saturated carbocycles. The Kier molecular flexibility index (Phi) is 5.35. The zero-order valence-electron chi connectivity index (χ0n) is 13.9. The molecule has 0 radical (unpaired) electrons. The van der Waals surface area contributed by atoms with E-state index in [1.807, 2.05) is 0 Å². The van der Waals surface area contributed by atoms with Crippen molar-refractivity contribution in [3.05, 3.63) is 40.7 Å². The highest BCUT2D eigenvalue weighted by atomic mass is 32.2. The molecule has 1 aromatic heterocycles. The Morgan fingerprint density at radius 2 is 1.92 bits per heavy atom. The molecule has 0 aliphatic carbocycles. The number of hydrogen-bond acceptors (Lipinski definition) is 7. The molecule has 0 bridgehead atoms. The largest absolute Gasteiger partial charge is 0.381 e. The van der Waals surface area contributed by atoms with Crippen LogP contribution in [0.15, 0.2) is 24.3 Å². The summed E-state index contributed by atoms with van der Waals surface area (Å²) in [7, 11) is -3.23. The molecule has 1 aliphatic rings. The van der Waals surface area contributed by atoms with E-state index < -0.39 is 14.6 Å². The van der Waals surface area contributed by atoms with Crippen molar-refractivity contribution in [3.8, 4) is 0 Å². The van der Waals surface area contributed by atoms with Crippen molar-refractivity contribution in [1.82, 2.24) is 10.2 Å². The molecule has 6 nitrogen and oxygen atoms in total. The molecule has 0 spiro atoms. The lowest BCUT2D eigenvalue weighted by Gasteiger charge is -2.35. The van der Waals surface area contributed by atoms with Gasteiger partial charge in [-0.25, -0.2) is 12.8 Å². The maximum absolute atomic E-state index is 12.9. The van der Waals surface area contributed by atoms with Crippen LogP contribution in [0.5, 0.6) is 0 Å². The van der Waals surface area contributed by atoms with Crippen molar-refractivity contribution < 1.29 is 17.5 Å². The highest BCUT2D eigenvalue weighted by molar-refractivity contribution is 7.92. The number of sulfone groups is 1. The van der Waals surface area contributed by atoms with Crippen molar-refractivity contribution in [2.45, 2.75) is 24.0 Å². The van der Waals surface area contributed by atoms with E-state index in [0.29, 0.717) is 44.2 Å². The molecule has 1 saturated heterocycles. The average molecular weight is 385 g/mol. The van der Waals surface area contributed by atoms with Gasteiger partial charge in [0.2, 0.25) is 5.13 Å². The van der Waals surface area contributed by atoms with E-state index in [2.05, 4.69) is 15.5 Å². The molecular weight excluding hydrogens is 365 g/mol. The number of rotatable bonds is 6. The lowest BCUT2D eigenvalue weighted by molar-refractivity contribution is 0.0777. The number of nitrogens with one attached hydrogen (secondary N) is 1. The van der Waals surface area contributed by atoms with Crippen LogP contribution in [0, 0.1) is 5.82 Å². The van der Waals surface area contributed by atoms with Crippen molar-refractivity contribution >= 4 is 26.3 Å². The Morgan fingerprint density at radius 3 is 2.56 bits per heavy atom. The van der Waals surface area contributed by atoms with Crippen LogP contribution in [0.1, 0.15) is 23.4 Å². The third-order valence-electron chi connectivity index (χ3n) is 4.49. The van der Waals surface area contributed by atoms with E-state index >= 15 is 0 Å². The number of anilines is 1. The fourth-order valence-electron chi connectivity index (χ4n) is 2.83. The summed E-state index contributed by atoms with van der Waals surface area (Å²) in [5, 5.41) is 12.7. The van der Waals surface area contributed by atoms with Gasteiger partial charge in [0.25, 0.3) is 0 Å². The van der Waals surface area contributed by atoms with E-state index in [9.17, 15) is 12.8 Å². The molecule has 9 heteroatoms. The van der Waals surface area contributed by atoms with Crippen LogP contribution < -0.4 is 5.32 Å². The Hall–Kier alpha value is -1.58. The van der Waals surface area contributed by atoms with Crippen molar-refractivity contribution in [2.24, 2.45) is 0 Å². The van der Waals surface area contributed by atoms with Crippen LogP contribution in [0.3, 0.4) is 0 Å². The highest BCUT2D eigenvalue weighted by Crippen LogP contribution is 2.30. The summed E-state index contributed by atoms with van der Waals surface area (Å²) in [6, 6.07) is 6.25. The summed E-state index contributed by atoms with van der Waals surface area (Å²) in [6.45, 7) is 1.18. The number of hydrogen-bond donors (Lipinski definition) is 1. The zero-order valence-corrected chi connectivity index (χ0v) is 15.5. The predicted molar refractivity (Wildman–Crippen MR) is 95.2 cm³/mol. The molecule has 136 valence electrons. The second-order valence-corrected chi connectivity index (χ2v) is 9.70. The van der Waals surface area contributed by atoms with Gasteiger partial charge in [-0.15, -0.1) is 10.2 Å². The second-order valence-electron chi connectivity index (χ2n) is 6.23. The summed E-state index contributed by atoms with van der Waals surface area (Å²) in [5.41, 5.74) is 0.945. The average Bonchev–Trinajstić information content (AvgIpc) is 3.02. The molecule has 1 aromatic carbocycles. The number of halogens is 1. The lowest BCUT2D eigenvalue weighted by Crippen LogP contribution is -2.48. The Morgan fingerprint density at radius 1 is 1.24 bits per heavy atom. The Balaban J connectivity index is 1.65. The van der Waals surface area contributed by atoms with Gasteiger partial charge in [0.05, 0.1) is 4.75 Å². The minimum atomic E-state index is -3.23. The molecule has 0 amide bonds. The van der Waals surface area contributed by atoms with E-state index in [4.69, 9.17) is 4.74 Å². The van der Waals surface area contributed by atoms with Crippen LogP contribution in [-0.2, 0) is 21.0 Å². The van der Waals surface area contributed by atoms with E-state index in [1.165, 1.54) is 29.7 Å². The third-order valence-corrected chi connectivity index (χ3v) is 7.49. The van der Waals surface area contributed by atoms with Crippen LogP contribution in [0.2, 0.25) is 0 Å². The van der Waals surface area contributed by atoms with Crippen LogP contribution in [0.4, 0.5) is 9.52 Å². The van der Waals surface area contributed by atoms with Gasteiger partial charge in [-0.3, -0.25) is 0 Å². The fourth-order valence-corrected chi connectivity index (χ4v) is 4.84. The molecule has 25 heavy (non-hydrogen) atoms. The van der Waals surface area contributed by atoms with E-state index in [0.717, 1.165) is 10.6 Å². The number of aromatic nitrogens is 2. The second kappa shape index (κ2) is 7.35. The minimum absolute atomic E-state index is 0.272. The van der Waals surface area contributed by atoms with E-state index in [-0.39, 0.29) is 5.82 Å². The summed E-state index contributed by atoms with van der Waals surface area (Å²) < 4.78 is 41.9. The number of benzene rings is 1. The van der Waals surface area contributed by atoms with Crippen LogP contribution >= 0.6 is 11.3 Å². The minimum Gasteiger partial charge on any atom is -0.381 e. The maximum Gasteiger partial charge on any atom is 0.205 e. The van der Waals surface area contributed by atoms with Gasteiger partial charge in [0.1, 0.15) is 10.8 Å². The summed E-state index contributed by atoms with van der Waals surface area (Å²) in [4.78, 5) is 0. The van der Waals surface area contributed by atoms with Gasteiger partial charge in [0, 0.05) is 32.4 Å². The summed E-state index contributed by atoms with van der Waals surface area (Å²) in [5.74, 6) is -0.272. The molecule has 0 unspecified atom stereocenters. The maximum atomic E-state index is 12.9. The summed E-state index contributed by atoms with van der Waals surface area (Å²) in [6.07, 6.45) is 2.78. The normalized spacial score (nSPS) is 17.4. The first-order valence-electron chi connectivity index (χ1n) is 7.96. The topological polar surface area (TPSA) is 81.2 Å². The first kappa shape index (κ1) is 18.2. The van der Waals surface area contributed by atoms with E-state index in [1.54, 1.807) is 12.1 Å².